The van der Waals surface area contributed by atoms with Gasteiger partial charge < -0.3 is 16.2 Å². The van der Waals surface area contributed by atoms with E-state index in [4.69, 9.17) is 10.8 Å². The van der Waals surface area contributed by atoms with Crippen molar-refractivity contribution >= 4 is 11.9 Å². The Morgan fingerprint density at radius 3 is 2.50 bits per heavy atom. The minimum absolute atomic E-state index is 0.0545. The van der Waals surface area contributed by atoms with Crippen molar-refractivity contribution in [1.82, 2.24) is 5.32 Å². The topological polar surface area (TPSA) is 92.4 Å². The summed E-state index contributed by atoms with van der Waals surface area (Å²) in [5.41, 5.74) is 5.43. The molecule has 94 valence electrons. The molecule has 0 aliphatic heterocycles. The molecular formula is C11H22N2O3. The summed E-state index contributed by atoms with van der Waals surface area (Å²) < 4.78 is 0. The second-order valence-corrected chi connectivity index (χ2v) is 4.11. The summed E-state index contributed by atoms with van der Waals surface area (Å²) in [4.78, 5) is 21.8. The summed E-state index contributed by atoms with van der Waals surface area (Å²) in [7, 11) is 0. The number of nitrogens with one attached hydrogen (secondary N) is 1. The van der Waals surface area contributed by atoms with Crippen LogP contribution in [0.25, 0.3) is 0 Å². The third-order valence-electron chi connectivity index (χ3n) is 2.36. The van der Waals surface area contributed by atoms with E-state index in [0.29, 0.717) is 0 Å². The lowest BCUT2D eigenvalue weighted by atomic mass is 10.1. The van der Waals surface area contributed by atoms with Gasteiger partial charge in [-0.2, -0.15) is 0 Å². The van der Waals surface area contributed by atoms with E-state index in [1.165, 1.54) is 0 Å². The zero-order chi connectivity index (χ0) is 12.6. The maximum atomic E-state index is 11.4. The average molecular weight is 230 g/mol. The molecule has 0 heterocycles. The number of carbonyl (C=O) groups is 2. The average Bonchev–Trinajstić information content (AvgIpc) is 2.16. The summed E-state index contributed by atoms with van der Waals surface area (Å²) in [5.74, 6) is -1.44. The molecule has 0 unspecified atom stereocenters. The molecule has 5 nitrogen and oxygen atoms in total. The van der Waals surface area contributed by atoms with E-state index in [9.17, 15) is 9.59 Å². The number of rotatable bonds is 8. The van der Waals surface area contributed by atoms with Crippen LogP contribution in [0, 0.1) is 0 Å². The highest BCUT2D eigenvalue weighted by Crippen LogP contribution is 2.03. The highest BCUT2D eigenvalue weighted by atomic mass is 16.4. The molecule has 2 atom stereocenters. The highest BCUT2D eigenvalue weighted by molar-refractivity contribution is 5.86. The van der Waals surface area contributed by atoms with Crippen LogP contribution in [0.5, 0.6) is 0 Å². The third-order valence-corrected chi connectivity index (χ3v) is 2.36. The van der Waals surface area contributed by atoms with Crippen LogP contribution in [0.4, 0.5) is 0 Å². The predicted molar refractivity (Wildman–Crippen MR) is 62.0 cm³/mol. The normalized spacial score (nSPS) is 14.2. The number of carboxylic acid groups (broad SMARTS) is 1. The zero-order valence-electron chi connectivity index (χ0n) is 10.0. The Kier molecular flexibility index (Phi) is 7.54. The Morgan fingerprint density at radius 1 is 1.38 bits per heavy atom. The second-order valence-electron chi connectivity index (χ2n) is 4.11. The van der Waals surface area contributed by atoms with Gasteiger partial charge in [-0.1, -0.05) is 26.2 Å². The number of hydrogen-bond donors (Lipinski definition) is 3. The molecule has 16 heavy (non-hydrogen) atoms. The summed E-state index contributed by atoms with van der Waals surface area (Å²) in [6.07, 6.45) is 3.92. The summed E-state index contributed by atoms with van der Waals surface area (Å²) in [6.45, 7) is 4.02. The lowest BCUT2D eigenvalue weighted by Gasteiger charge is -2.16. The van der Waals surface area contributed by atoms with Gasteiger partial charge in [-0.3, -0.25) is 9.59 Å². The molecule has 0 aliphatic carbocycles. The van der Waals surface area contributed by atoms with Crippen LogP contribution in [-0.2, 0) is 9.59 Å². The lowest BCUT2D eigenvalue weighted by Crippen LogP contribution is -2.45. The van der Waals surface area contributed by atoms with Gasteiger partial charge in [0.05, 0.1) is 12.5 Å². The van der Waals surface area contributed by atoms with E-state index in [1.807, 2.05) is 6.92 Å². The molecule has 1 amide bonds. The number of hydrogen-bond acceptors (Lipinski definition) is 3. The minimum atomic E-state index is -1.05. The number of carboxylic acids is 1. The zero-order valence-corrected chi connectivity index (χ0v) is 10.0. The fraction of sp³-hybridized carbons (Fsp3) is 0.818. The SMILES string of the molecule is CCCCC[C@@H](C)NC(=O)[C@H](N)CC(=O)O. The number of unbranched alkanes of at least 4 members (excludes halogenated alkanes) is 2. The van der Waals surface area contributed by atoms with Crippen molar-refractivity contribution in [2.75, 3.05) is 0 Å². The monoisotopic (exact) mass is 230 g/mol. The maximum absolute atomic E-state index is 11.4. The smallest absolute Gasteiger partial charge is 0.305 e. The van der Waals surface area contributed by atoms with Crippen LogP contribution in [0.3, 0.4) is 0 Å². The highest BCUT2D eigenvalue weighted by Gasteiger charge is 2.18. The van der Waals surface area contributed by atoms with Crippen molar-refractivity contribution in [3.8, 4) is 0 Å². The number of nitrogens with two attached hydrogens (primary N) is 1. The molecule has 0 spiro atoms. The number of amides is 1. The van der Waals surface area contributed by atoms with Gasteiger partial charge in [0.25, 0.3) is 0 Å². The van der Waals surface area contributed by atoms with Crippen molar-refractivity contribution in [3.63, 3.8) is 0 Å². The van der Waals surface area contributed by atoms with Gasteiger partial charge in [-0.05, 0) is 13.3 Å². The molecule has 0 fully saturated rings. The first-order chi connectivity index (χ1) is 7.47. The quantitative estimate of drug-likeness (QED) is 0.539. The van der Waals surface area contributed by atoms with Crippen LogP contribution in [0.15, 0.2) is 0 Å². The largest absolute Gasteiger partial charge is 0.481 e. The molecule has 0 radical (unpaired) electrons. The Bertz CT molecular complexity index is 231. The van der Waals surface area contributed by atoms with Crippen molar-refractivity contribution in [1.29, 1.82) is 0 Å². The van der Waals surface area contributed by atoms with Gasteiger partial charge in [0.1, 0.15) is 0 Å². The van der Waals surface area contributed by atoms with Crippen LogP contribution in [-0.4, -0.2) is 29.1 Å². The van der Waals surface area contributed by atoms with Gasteiger partial charge in [0.15, 0.2) is 0 Å². The Labute approximate surface area is 96.4 Å². The molecule has 0 saturated heterocycles. The van der Waals surface area contributed by atoms with E-state index < -0.39 is 12.0 Å². The van der Waals surface area contributed by atoms with Gasteiger partial charge in [-0.25, -0.2) is 0 Å². The Hall–Kier alpha value is -1.10. The van der Waals surface area contributed by atoms with Crippen molar-refractivity contribution in [2.24, 2.45) is 5.73 Å². The molecular weight excluding hydrogens is 208 g/mol. The standard InChI is InChI=1S/C11H22N2O3/c1-3-4-5-6-8(2)13-11(16)9(12)7-10(14)15/h8-9H,3-7,12H2,1-2H3,(H,13,16)(H,14,15)/t8-,9-/m1/s1. The summed E-state index contributed by atoms with van der Waals surface area (Å²) >= 11 is 0. The Morgan fingerprint density at radius 2 is 2.00 bits per heavy atom. The third kappa shape index (κ3) is 7.23. The first kappa shape index (κ1) is 14.9. The molecule has 4 N–H and O–H groups in total. The second kappa shape index (κ2) is 8.10. The van der Waals surface area contributed by atoms with E-state index >= 15 is 0 Å². The first-order valence-electron chi connectivity index (χ1n) is 5.75. The molecule has 0 aromatic carbocycles. The van der Waals surface area contributed by atoms with Crippen molar-refractivity contribution < 1.29 is 14.7 Å². The fourth-order valence-electron chi connectivity index (χ4n) is 1.40. The van der Waals surface area contributed by atoms with Crippen molar-refractivity contribution in [3.05, 3.63) is 0 Å². The van der Waals surface area contributed by atoms with E-state index in [-0.39, 0.29) is 18.4 Å². The van der Waals surface area contributed by atoms with E-state index in [1.54, 1.807) is 0 Å². The summed E-state index contributed by atoms with van der Waals surface area (Å²) in [5, 5.41) is 11.2. The van der Waals surface area contributed by atoms with Crippen LogP contribution in [0.1, 0.15) is 46.0 Å². The van der Waals surface area contributed by atoms with Gasteiger partial charge in [0.2, 0.25) is 5.91 Å². The van der Waals surface area contributed by atoms with Crippen molar-refractivity contribution in [2.45, 2.75) is 58.0 Å². The predicted octanol–water partition coefficient (Wildman–Crippen LogP) is 0.873. The van der Waals surface area contributed by atoms with Gasteiger partial charge in [-0.15, -0.1) is 0 Å². The van der Waals surface area contributed by atoms with E-state index in [0.717, 1.165) is 25.7 Å². The molecule has 0 bridgehead atoms. The van der Waals surface area contributed by atoms with Crippen LogP contribution in [0.2, 0.25) is 0 Å². The van der Waals surface area contributed by atoms with Crippen LogP contribution < -0.4 is 11.1 Å². The molecule has 0 saturated carbocycles. The molecule has 5 heteroatoms. The molecule has 0 rings (SSSR count). The molecule has 0 aromatic heterocycles. The van der Waals surface area contributed by atoms with Crippen LogP contribution >= 0.6 is 0 Å². The van der Waals surface area contributed by atoms with E-state index in [2.05, 4.69) is 12.2 Å². The molecule has 0 aromatic rings. The lowest BCUT2D eigenvalue weighted by molar-refractivity contribution is -0.139. The van der Waals surface area contributed by atoms with Gasteiger partial charge in [0, 0.05) is 6.04 Å². The van der Waals surface area contributed by atoms with Gasteiger partial charge >= 0.3 is 5.97 Å². The fourth-order valence-corrected chi connectivity index (χ4v) is 1.40. The maximum Gasteiger partial charge on any atom is 0.305 e. The summed E-state index contributed by atoms with van der Waals surface area (Å²) in [6, 6.07) is -0.898. The number of aliphatic carboxylic acids is 1. The Balaban J connectivity index is 3.80. The number of carbonyl (C=O) groups excluding carboxylic acids is 1. The first-order valence-corrected chi connectivity index (χ1v) is 5.75. The molecule has 0 aliphatic rings. The minimum Gasteiger partial charge on any atom is -0.481 e.